The van der Waals surface area contributed by atoms with Crippen LogP contribution in [-0.4, -0.2) is 39.5 Å². The summed E-state index contributed by atoms with van der Waals surface area (Å²) < 4.78 is 51.9. The minimum absolute atomic E-state index is 0.111. The number of aromatic nitrogens is 1. The van der Waals surface area contributed by atoms with Crippen LogP contribution in [0.5, 0.6) is 5.88 Å². The number of hydrogen-bond acceptors (Lipinski definition) is 8. The average molecular weight is 521 g/mol. The molecule has 0 aliphatic heterocycles. The Balaban J connectivity index is 1.98. The molecule has 3 aromatic rings. The standard InChI is InChI=1S/C24H25FN2O6S2/c1-13(2)17-9-16(25)10-19(15-6-7-26-22(8-15)32-4)20(17)11-21(28)27-35(30,31)23-12-18(14(3)34-23)24(29)33-5/h6-10,12-13H,11H2,1-5H3,(H,27,28). The van der Waals surface area contributed by atoms with Gasteiger partial charge in [-0.05, 0) is 59.4 Å². The first-order valence-corrected chi connectivity index (χ1v) is 12.8. The van der Waals surface area contributed by atoms with Crippen LogP contribution in [0.3, 0.4) is 0 Å². The number of benzene rings is 1. The summed E-state index contributed by atoms with van der Waals surface area (Å²) in [5.74, 6) is -1.79. The molecule has 0 radical (unpaired) electrons. The highest BCUT2D eigenvalue weighted by Gasteiger charge is 2.26. The number of amides is 1. The number of carbonyl (C=O) groups is 2. The van der Waals surface area contributed by atoms with Crippen molar-refractivity contribution in [2.45, 2.75) is 37.3 Å². The number of ether oxygens (including phenoxy) is 2. The topological polar surface area (TPSA) is 112 Å². The fourth-order valence-electron chi connectivity index (χ4n) is 3.61. The van der Waals surface area contributed by atoms with Crippen molar-refractivity contribution >= 4 is 33.2 Å². The summed E-state index contributed by atoms with van der Waals surface area (Å²) in [5.41, 5.74) is 2.17. The SMILES string of the molecule is COC(=O)c1cc(S(=O)(=O)NC(=O)Cc2c(-c3ccnc(OC)c3)cc(F)cc2C(C)C)sc1C. The summed E-state index contributed by atoms with van der Waals surface area (Å²) in [6.07, 6.45) is 1.18. The van der Waals surface area contributed by atoms with E-state index in [1.165, 1.54) is 38.6 Å². The number of esters is 1. The smallest absolute Gasteiger partial charge is 0.339 e. The molecule has 2 aromatic heterocycles. The molecule has 0 aliphatic rings. The Hall–Kier alpha value is -3.31. The molecular formula is C24H25FN2O6S2. The summed E-state index contributed by atoms with van der Waals surface area (Å²) in [6.45, 7) is 5.29. The molecule has 0 aliphatic carbocycles. The predicted octanol–water partition coefficient (Wildman–Crippen LogP) is 4.22. The zero-order chi connectivity index (χ0) is 25.9. The van der Waals surface area contributed by atoms with Gasteiger partial charge in [-0.25, -0.2) is 27.3 Å². The van der Waals surface area contributed by atoms with Crippen LogP contribution in [-0.2, 0) is 26.0 Å². The highest BCUT2D eigenvalue weighted by atomic mass is 32.2. The van der Waals surface area contributed by atoms with E-state index >= 15 is 0 Å². The van der Waals surface area contributed by atoms with Crippen molar-refractivity contribution in [1.82, 2.24) is 9.71 Å². The van der Waals surface area contributed by atoms with E-state index in [9.17, 15) is 22.4 Å². The van der Waals surface area contributed by atoms with Crippen LogP contribution in [0.1, 0.15) is 46.1 Å². The summed E-state index contributed by atoms with van der Waals surface area (Å²) in [7, 11) is -1.60. The van der Waals surface area contributed by atoms with E-state index in [-0.39, 0.29) is 22.1 Å². The van der Waals surface area contributed by atoms with Crippen molar-refractivity contribution in [2.75, 3.05) is 14.2 Å². The van der Waals surface area contributed by atoms with E-state index in [0.29, 0.717) is 33.0 Å². The minimum Gasteiger partial charge on any atom is -0.481 e. The lowest BCUT2D eigenvalue weighted by Crippen LogP contribution is -2.31. The molecule has 0 saturated heterocycles. The third kappa shape index (κ3) is 5.85. The van der Waals surface area contributed by atoms with Gasteiger partial charge in [0.25, 0.3) is 10.0 Å². The number of sulfonamides is 1. The summed E-state index contributed by atoms with van der Waals surface area (Å²) >= 11 is 0.853. The number of nitrogens with one attached hydrogen (secondary N) is 1. The van der Waals surface area contributed by atoms with E-state index in [4.69, 9.17) is 4.74 Å². The Morgan fingerprint density at radius 3 is 2.51 bits per heavy atom. The van der Waals surface area contributed by atoms with Gasteiger partial charge in [-0.15, -0.1) is 11.3 Å². The van der Waals surface area contributed by atoms with Gasteiger partial charge < -0.3 is 9.47 Å². The molecule has 2 heterocycles. The fourth-order valence-corrected chi connectivity index (χ4v) is 6.03. The Labute approximate surface area is 207 Å². The number of aryl methyl sites for hydroxylation is 1. The molecule has 3 rings (SSSR count). The van der Waals surface area contributed by atoms with Crippen LogP contribution in [0.25, 0.3) is 11.1 Å². The number of nitrogens with zero attached hydrogens (tertiary/aromatic N) is 1. The van der Waals surface area contributed by atoms with Crippen LogP contribution in [0.4, 0.5) is 4.39 Å². The second kappa shape index (κ2) is 10.5. The van der Waals surface area contributed by atoms with Gasteiger partial charge in [0, 0.05) is 17.1 Å². The fraction of sp³-hybridized carbons (Fsp3) is 0.292. The zero-order valence-corrected chi connectivity index (χ0v) is 21.5. The lowest BCUT2D eigenvalue weighted by molar-refractivity contribution is -0.118. The predicted molar refractivity (Wildman–Crippen MR) is 130 cm³/mol. The van der Waals surface area contributed by atoms with Gasteiger partial charge in [0.15, 0.2) is 0 Å². The molecule has 0 unspecified atom stereocenters. The lowest BCUT2D eigenvalue weighted by atomic mass is 9.88. The number of hydrogen-bond donors (Lipinski definition) is 1. The van der Waals surface area contributed by atoms with Gasteiger partial charge in [-0.3, -0.25) is 4.79 Å². The van der Waals surface area contributed by atoms with Crippen molar-refractivity contribution < 1.29 is 31.9 Å². The third-order valence-electron chi connectivity index (χ3n) is 5.28. The second-order valence-electron chi connectivity index (χ2n) is 8.00. The molecule has 0 fully saturated rings. The molecule has 11 heteroatoms. The van der Waals surface area contributed by atoms with Gasteiger partial charge in [0.05, 0.1) is 26.2 Å². The maximum absolute atomic E-state index is 14.5. The van der Waals surface area contributed by atoms with Gasteiger partial charge in [-0.1, -0.05) is 13.8 Å². The minimum atomic E-state index is -4.25. The van der Waals surface area contributed by atoms with Crippen molar-refractivity contribution in [3.05, 3.63) is 63.9 Å². The maximum Gasteiger partial charge on any atom is 0.339 e. The van der Waals surface area contributed by atoms with Crippen LogP contribution in [0, 0.1) is 12.7 Å². The summed E-state index contributed by atoms with van der Waals surface area (Å²) in [6, 6.07) is 7.08. The Kier molecular flexibility index (Phi) is 7.91. The first-order chi connectivity index (χ1) is 16.5. The molecule has 1 amide bonds. The molecule has 0 saturated carbocycles. The molecule has 35 heavy (non-hydrogen) atoms. The lowest BCUT2D eigenvalue weighted by Gasteiger charge is -2.18. The van der Waals surface area contributed by atoms with Crippen molar-refractivity contribution in [1.29, 1.82) is 0 Å². The van der Waals surface area contributed by atoms with Crippen molar-refractivity contribution in [2.24, 2.45) is 0 Å². The quantitative estimate of drug-likeness (QED) is 0.443. The highest BCUT2D eigenvalue weighted by molar-refractivity contribution is 7.92. The van der Waals surface area contributed by atoms with Crippen molar-refractivity contribution in [3.8, 4) is 17.0 Å². The molecule has 186 valence electrons. The zero-order valence-electron chi connectivity index (χ0n) is 19.8. The Morgan fingerprint density at radius 1 is 1.17 bits per heavy atom. The first-order valence-electron chi connectivity index (χ1n) is 10.5. The first kappa shape index (κ1) is 26.3. The average Bonchev–Trinajstić information content (AvgIpc) is 3.21. The summed E-state index contributed by atoms with van der Waals surface area (Å²) in [4.78, 5) is 29.3. The number of rotatable bonds is 8. The van der Waals surface area contributed by atoms with Crippen LogP contribution < -0.4 is 9.46 Å². The summed E-state index contributed by atoms with van der Waals surface area (Å²) in [5, 5.41) is 0. The molecule has 8 nitrogen and oxygen atoms in total. The largest absolute Gasteiger partial charge is 0.481 e. The molecule has 1 N–H and O–H groups in total. The third-order valence-corrected chi connectivity index (χ3v) is 8.17. The number of carbonyl (C=O) groups excluding carboxylic acids is 2. The Morgan fingerprint density at radius 2 is 1.89 bits per heavy atom. The van der Waals surface area contributed by atoms with Gasteiger partial charge >= 0.3 is 5.97 Å². The maximum atomic E-state index is 14.5. The Bertz CT molecular complexity index is 1380. The second-order valence-corrected chi connectivity index (χ2v) is 11.2. The molecule has 0 bridgehead atoms. The van der Waals surface area contributed by atoms with Gasteiger partial charge in [-0.2, -0.15) is 0 Å². The van der Waals surface area contributed by atoms with Crippen LogP contribution >= 0.6 is 11.3 Å². The number of thiophene rings is 1. The number of pyridine rings is 1. The highest BCUT2D eigenvalue weighted by Crippen LogP contribution is 2.33. The van der Waals surface area contributed by atoms with Crippen LogP contribution in [0.15, 0.2) is 40.7 Å². The van der Waals surface area contributed by atoms with E-state index in [1.54, 1.807) is 19.1 Å². The number of halogens is 1. The van der Waals surface area contributed by atoms with Gasteiger partial charge in [0.2, 0.25) is 11.8 Å². The van der Waals surface area contributed by atoms with E-state index in [0.717, 1.165) is 11.3 Å². The van der Waals surface area contributed by atoms with Gasteiger partial charge in [0.1, 0.15) is 10.0 Å². The molecular weight excluding hydrogens is 495 g/mol. The van der Waals surface area contributed by atoms with E-state index < -0.39 is 27.7 Å². The van der Waals surface area contributed by atoms with E-state index in [1.807, 2.05) is 13.8 Å². The molecule has 0 atom stereocenters. The monoisotopic (exact) mass is 520 g/mol. The normalized spacial score (nSPS) is 11.4. The number of methoxy groups -OCH3 is 2. The molecule has 0 spiro atoms. The van der Waals surface area contributed by atoms with E-state index in [2.05, 4.69) is 14.4 Å². The van der Waals surface area contributed by atoms with Crippen molar-refractivity contribution in [3.63, 3.8) is 0 Å². The van der Waals surface area contributed by atoms with Crippen LogP contribution in [0.2, 0.25) is 0 Å². The molecule has 1 aromatic carbocycles.